The fourth-order valence-electron chi connectivity index (χ4n) is 2.42. The first-order valence-corrected chi connectivity index (χ1v) is 9.22. The summed E-state index contributed by atoms with van der Waals surface area (Å²) in [6, 6.07) is 5.62. The van der Waals surface area contributed by atoms with Gasteiger partial charge in [-0.25, -0.2) is 4.39 Å². The van der Waals surface area contributed by atoms with Crippen molar-refractivity contribution in [2.24, 2.45) is 11.8 Å². The molecule has 130 valence electrons. The highest BCUT2D eigenvalue weighted by atomic mass is 35.5. The van der Waals surface area contributed by atoms with Crippen LogP contribution in [-0.2, 0) is 0 Å². The van der Waals surface area contributed by atoms with Crippen LogP contribution in [0.15, 0.2) is 42.5 Å². The van der Waals surface area contributed by atoms with Gasteiger partial charge >= 0.3 is 0 Å². The first-order chi connectivity index (χ1) is 11.3. The largest absolute Gasteiger partial charge is 0.374 e. The van der Waals surface area contributed by atoms with Gasteiger partial charge < -0.3 is 5.32 Å². The summed E-state index contributed by atoms with van der Waals surface area (Å²) < 4.78 is 14.0. The second-order valence-corrected chi connectivity index (χ2v) is 7.76. The van der Waals surface area contributed by atoms with Gasteiger partial charge in [-0.15, -0.1) is 0 Å². The number of benzene rings is 1. The molecule has 1 aliphatic rings. The maximum absolute atomic E-state index is 14.0. The lowest BCUT2D eigenvalue weighted by atomic mass is 10.1. The zero-order valence-corrected chi connectivity index (χ0v) is 16.3. The summed E-state index contributed by atoms with van der Waals surface area (Å²) in [4.78, 5) is 0.689. The van der Waals surface area contributed by atoms with E-state index in [9.17, 15) is 4.39 Å². The molecule has 0 aliphatic heterocycles. The van der Waals surface area contributed by atoms with E-state index in [1.54, 1.807) is 12.1 Å². The van der Waals surface area contributed by atoms with Gasteiger partial charge in [-0.2, -0.15) is 0 Å². The third kappa shape index (κ3) is 5.05. The zero-order chi connectivity index (χ0) is 17.9. The molecule has 0 radical (unpaired) electrons. The van der Waals surface area contributed by atoms with Crippen LogP contribution in [0.4, 0.5) is 4.39 Å². The highest BCUT2D eigenvalue weighted by Gasteiger charge is 2.50. The minimum Gasteiger partial charge on any atom is -0.374 e. The monoisotopic (exact) mass is 385 g/mol. The van der Waals surface area contributed by atoms with Crippen molar-refractivity contribution in [2.45, 2.75) is 38.9 Å². The van der Waals surface area contributed by atoms with Crippen LogP contribution in [0.3, 0.4) is 0 Å². The molecule has 4 unspecified atom stereocenters. The van der Waals surface area contributed by atoms with Crippen molar-refractivity contribution in [3.8, 4) is 0 Å². The minimum atomic E-state index is -0.877. The molecule has 1 aromatic rings. The Bertz CT molecular complexity index is 657. The summed E-state index contributed by atoms with van der Waals surface area (Å²) in [5, 5.41) is 4.20. The minimum absolute atomic E-state index is 0.122. The summed E-state index contributed by atoms with van der Waals surface area (Å²) >= 11 is 17.2. The predicted octanol–water partition coefficient (Wildman–Crippen LogP) is 6.12. The summed E-state index contributed by atoms with van der Waals surface area (Å²) in [5.41, 5.74) is 0.887. The molecule has 0 amide bonds. The molecule has 1 aromatic carbocycles. The second-order valence-electron chi connectivity index (χ2n) is 6.51. The van der Waals surface area contributed by atoms with Crippen LogP contribution >= 0.6 is 35.4 Å². The molecule has 1 aliphatic carbocycles. The molecular formula is C19H22Cl2FNS. The molecule has 0 heterocycles. The number of allylic oxidation sites excluding steroid dienone is 3. The average Bonchev–Trinajstić information content (AvgIpc) is 3.16. The van der Waals surface area contributed by atoms with Crippen LogP contribution in [0, 0.1) is 11.8 Å². The summed E-state index contributed by atoms with van der Waals surface area (Å²) in [7, 11) is 0. The van der Waals surface area contributed by atoms with E-state index in [0.717, 1.165) is 5.56 Å². The van der Waals surface area contributed by atoms with Crippen molar-refractivity contribution in [1.29, 1.82) is 0 Å². The number of rotatable bonds is 6. The number of hydrogen-bond acceptors (Lipinski definition) is 1. The third-order valence-electron chi connectivity index (χ3n) is 4.38. The van der Waals surface area contributed by atoms with Crippen molar-refractivity contribution in [1.82, 2.24) is 5.32 Å². The standard InChI is InChI=1S/C19H22Cl2FNS/c1-11(2)12(3)23-17(24)7-5-4-6-14-18(19(14)22)13-8-9-15(20)16(21)10-13/h4-12,14,18-19H,1-3H3,(H,23,24). The van der Waals surface area contributed by atoms with Gasteiger partial charge in [-0.1, -0.05) is 73.6 Å². The number of nitrogens with one attached hydrogen (secondary N) is 1. The van der Waals surface area contributed by atoms with Crippen molar-refractivity contribution >= 4 is 40.4 Å². The maximum Gasteiger partial charge on any atom is 0.115 e. The van der Waals surface area contributed by atoms with E-state index in [2.05, 4.69) is 26.1 Å². The van der Waals surface area contributed by atoms with E-state index >= 15 is 0 Å². The Morgan fingerprint density at radius 1 is 1.21 bits per heavy atom. The number of thiocarbonyl (C=S) groups is 1. The van der Waals surface area contributed by atoms with Crippen LogP contribution in [0.1, 0.15) is 32.3 Å². The van der Waals surface area contributed by atoms with Gasteiger partial charge in [0.25, 0.3) is 0 Å². The molecule has 24 heavy (non-hydrogen) atoms. The highest BCUT2D eigenvalue weighted by Crippen LogP contribution is 2.51. The molecule has 0 aromatic heterocycles. The topological polar surface area (TPSA) is 12.0 Å². The fraction of sp³-hybridized carbons (Fsp3) is 0.421. The fourth-order valence-corrected chi connectivity index (χ4v) is 2.99. The van der Waals surface area contributed by atoms with Crippen LogP contribution in [0.2, 0.25) is 10.0 Å². The molecule has 1 fully saturated rings. The van der Waals surface area contributed by atoms with E-state index in [4.69, 9.17) is 35.4 Å². The van der Waals surface area contributed by atoms with Crippen LogP contribution < -0.4 is 5.32 Å². The normalized spacial score (nSPS) is 24.7. The second kappa shape index (κ2) is 8.46. The molecule has 0 bridgehead atoms. The van der Waals surface area contributed by atoms with E-state index in [0.29, 0.717) is 27.0 Å². The van der Waals surface area contributed by atoms with Crippen LogP contribution in [0.25, 0.3) is 0 Å². The average molecular weight is 386 g/mol. The first-order valence-electron chi connectivity index (χ1n) is 8.05. The molecular weight excluding hydrogens is 364 g/mol. The predicted molar refractivity (Wildman–Crippen MR) is 106 cm³/mol. The van der Waals surface area contributed by atoms with E-state index in [1.807, 2.05) is 30.4 Å². The van der Waals surface area contributed by atoms with Crippen molar-refractivity contribution < 1.29 is 4.39 Å². The van der Waals surface area contributed by atoms with E-state index in [-0.39, 0.29) is 11.8 Å². The quantitative estimate of drug-likeness (QED) is 0.359. The highest BCUT2D eigenvalue weighted by molar-refractivity contribution is 7.80. The molecule has 5 heteroatoms. The number of halogens is 3. The molecule has 0 saturated heterocycles. The van der Waals surface area contributed by atoms with Gasteiger partial charge in [-0.05, 0) is 36.6 Å². The molecule has 1 nitrogen and oxygen atoms in total. The van der Waals surface area contributed by atoms with Gasteiger partial charge in [0.1, 0.15) is 6.17 Å². The van der Waals surface area contributed by atoms with E-state index in [1.165, 1.54) is 0 Å². The van der Waals surface area contributed by atoms with Gasteiger partial charge in [0.05, 0.1) is 15.0 Å². The van der Waals surface area contributed by atoms with Crippen molar-refractivity contribution in [2.75, 3.05) is 0 Å². The molecule has 1 N–H and O–H groups in total. The third-order valence-corrected chi connectivity index (χ3v) is 5.37. The SMILES string of the molecule is CC(C)C(C)NC(=S)C=CC=CC1C(F)C1c1ccc(Cl)c(Cl)c1. The Morgan fingerprint density at radius 3 is 2.54 bits per heavy atom. The van der Waals surface area contributed by atoms with Crippen LogP contribution in [-0.4, -0.2) is 17.2 Å². The van der Waals surface area contributed by atoms with Crippen molar-refractivity contribution in [3.05, 3.63) is 58.1 Å². The Morgan fingerprint density at radius 2 is 1.92 bits per heavy atom. The van der Waals surface area contributed by atoms with Gasteiger partial charge in [0.2, 0.25) is 0 Å². The lowest BCUT2D eigenvalue weighted by molar-refractivity contribution is 0.455. The maximum atomic E-state index is 14.0. The van der Waals surface area contributed by atoms with E-state index < -0.39 is 6.17 Å². The molecule has 1 saturated carbocycles. The lowest BCUT2D eigenvalue weighted by Crippen LogP contribution is -2.33. The lowest BCUT2D eigenvalue weighted by Gasteiger charge is -2.17. The first kappa shape index (κ1) is 19.4. The molecule has 4 atom stereocenters. The Kier molecular flexibility index (Phi) is 6.85. The molecule has 2 rings (SSSR count). The summed E-state index contributed by atoms with van der Waals surface area (Å²) in [6.45, 7) is 6.38. The Labute approximate surface area is 158 Å². The Hall–Kier alpha value is -0.900. The number of alkyl halides is 1. The van der Waals surface area contributed by atoms with Gasteiger partial charge in [-0.3, -0.25) is 0 Å². The molecule has 0 spiro atoms. The van der Waals surface area contributed by atoms with Crippen molar-refractivity contribution in [3.63, 3.8) is 0 Å². The zero-order valence-electron chi connectivity index (χ0n) is 14.0. The van der Waals surface area contributed by atoms with Gasteiger partial charge in [0, 0.05) is 17.9 Å². The summed E-state index contributed by atoms with van der Waals surface area (Å²) in [6.07, 6.45) is 6.53. The Balaban J connectivity index is 1.88. The number of hydrogen-bond donors (Lipinski definition) is 1. The van der Waals surface area contributed by atoms with Crippen LogP contribution in [0.5, 0.6) is 0 Å². The van der Waals surface area contributed by atoms with Gasteiger partial charge in [0.15, 0.2) is 0 Å². The summed E-state index contributed by atoms with van der Waals surface area (Å²) in [5.74, 6) is 0.246. The smallest absolute Gasteiger partial charge is 0.115 e.